The van der Waals surface area contributed by atoms with Crippen molar-refractivity contribution < 1.29 is 101 Å². The van der Waals surface area contributed by atoms with Crippen molar-refractivity contribution in [1.82, 2.24) is 0 Å². The Bertz CT molecular complexity index is 592. The average molecular weight is 575 g/mol. The molecule has 1 radical (unpaired) electrons. The molecule has 15 heteroatoms. The van der Waals surface area contributed by atoms with E-state index in [-0.39, 0.29) is 66.1 Å². The minimum absolute atomic E-state index is 0. The minimum atomic E-state index is -1.58. The van der Waals surface area contributed by atoms with E-state index in [0.29, 0.717) is 0 Å². The third-order valence-electron chi connectivity index (χ3n) is 3.10. The Kier molecular flexibility index (Phi) is 23.1. The molecule has 0 rings (SSSR count). The predicted molar refractivity (Wildman–Crippen MR) is 108 cm³/mol. The van der Waals surface area contributed by atoms with Crippen molar-refractivity contribution in [3.8, 4) is 0 Å². The number of esters is 3. The second-order valence-corrected chi connectivity index (χ2v) is 7.10. The molecule has 0 aromatic rings. The summed E-state index contributed by atoms with van der Waals surface area (Å²) in [5.74, 6) is -3.93. The van der Waals surface area contributed by atoms with E-state index < -0.39 is 61.1 Å². The molecule has 0 aliphatic heterocycles. The predicted octanol–water partition coefficient (Wildman–Crippen LogP) is -1.43. The summed E-state index contributed by atoms with van der Waals surface area (Å²) in [5, 5.41) is 36.1. The molecule has 0 bridgehead atoms. The number of methoxy groups -OCH3 is 1. The molecule has 0 aromatic carbocycles. The third-order valence-corrected chi connectivity index (χ3v) is 3.10. The van der Waals surface area contributed by atoms with Gasteiger partial charge in [-0.2, -0.15) is 0 Å². The zero-order chi connectivity index (χ0) is 25.9. The van der Waals surface area contributed by atoms with Crippen LogP contribution in [0.4, 0.5) is 0 Å². The molecule has 0 heterocycles. The van der Waals surface area contributed by atoms with E-state index in [1.165, 1.54) is 21.0 Å². The van der Waals surface area contributed by atoms with Crippen molar-refractivity contribution in [3.05, 3.63) is 0 Å². The average Bonchev–Trinajstić information content (AvgIpc) is 2.70. The number of carbonyl (C=O) groups is 4. The zero-order valence-corrected chi connectivity index (χ0v) is 22.7. The van der Waals surface area contributed by atoms with Gasteiger partial charge in [0.05, 0.1) is 19.8 Å². The molecule has 0 fully saturated rings. The molecule has 4 N–H and O–H groups in total. The topological polar surface area (TPSA) is 205 Å². The van der Waals surface area contributed by atoms with Gasteiger partial charge in [0.1, 0.15) is 50.8 Å². The monoisotopic (exact) mass is 575 g/mol. The van der Waals surface area contributed by atoms with Gasteiger partial charge in [0.2, 0.25) is 0 Å². The molecule has 2 unspecified atom stereocenters. The van der Waals surface area contributed by atoms with Gasteiger partial charge in [0.15, 0.2) is 0 Å². The fourth-order valence-corrected chi connectivity index (χ4v) is 1.69. The minimum Gasteiger partial charge on any atom is -0.481 e. The number of aliphatic carboxylic acids is 1. The summed E-state index contributed by atoms with van der Waals surface area (Å²) in [4.78, 5) is 44.0. The van der Waals surface area contributed by atoms with Crippen LogP contribution in [0.3, 0.4) is 0 Å². The normalized spacial score (nSPS) is 13.6. The first kappa shape index (κ1) is 37.3. The van der Waals surface area contributed by atoms with Crippen LogP contribution >= 0.6 is 0 Å². The van der Waals surface area contributed by atoms with Gasteiger partial charge in [0, 0.05) is 39.8 Å². The molecule has 197 valence electrons. The van der Waals surface area contributed by atoms with Crippen LogP contribution in [0.15, 0.2) is 0 Å². The van der Waals surface area contributed by atoms with E-state index in [9.17, 15) is 29.4 Å². The summed E-state index contributed by atoms with van der Waals surface area (Å²) in [7, 11) is 1.43. The number of rotatable bonds is 16. The van der Waals surface area contributed by atoms with Crippen LogP contribution in [0.25, 0.3) is 0 Å². The first-order valence-electron chi connectivity index (χ1n) is 9.67. The van der Waals surface area contributed by atoms with Gasteiger partial charge in [-0.3, -0.25) is 19.2 Å². The summed E-state index contributed by atoms with van der Waals surface area (Å²) in [6.07, 6.45) is -1.39. The van der Waals surface area contributed by atoms with Crippen molar-refractivity contribution in [2.24, 2.45) is 0 Å². The molecule has 0 aliphatic carbocycles. The largest absolute Gasteiger partial charge is 0.481 e. The number of ether oxygens (including phenoxy) is 6. The Morgan fingerprint density at radius 1 is 0.765 bits per heavy atom. The van der Waals surface area contributed by atoms with Crippen LogP contribution in [-0.4, -0.2) is 109 Å². The molecule has 14 nitrogen and oxygen atoms in total. The molecular weight excluding hydrogens is 541 g/mol. The van der Waals surface area contributed by atoms with E-state index >= 15 is 0 Å². The molecule has 34 heavy (non-hydrogen) atoms. The van der Waals surface area contributed by atoms with E-state index in [1.54, 1.807) is 6.92 Å². The van der Waals surface area contributed by atoms with Crippen molar-refractivity contribution >= 4 is 23.9 Å². The summed E-state index contributed by atoms with van der Waals surface area (Å²) in [5.41, 5.74) is -3.13. The zero-order valence-electron chi connectivity index (χ0n) is 19.8. The molecule has 0 aromatic heterocycles. The standard InChI is InChI=1S/C17H28O12.C2H6O2.Y/c1-4-27-14(21)6-15(22)29-10-17(3,24)8-26-11-25-7-16(2,23)9-28-13(20)5-12(18)19;1-4-2-3;/h23-24H,4-11H2,1-3H3,(H,18,19);3H,2H2,1H3;. The summed E-state index contributed by atoms with van der Waals surface area (Å²) in [6.45, 7) is 2.36. The number of carboxylic acids is 1. The van der Waals surface area contributed by atoms with Gasteiger partial charge in [-0.1, -0.05) is 0 Å². The fraction of sp³-hybridized carbons (Fsp3) is 0.789. The maximum Gasteiger partial charge on any atom is 0.317 e. The number of carbonyl (C=O) groups excluding carboxylic acids is 3. The Labute approximate surface area is 222 Å². The second kappa shape index (κ2) is 21.1. The van der Waals surface area contributed by atoms with Crippen molar-refractivity contribution in [2.45, 2.75) is 44.8 Å². The van der Waals surface area contributed by atoms with Gasteiger partial charge >= 0.3 is 23.9 Å². The van der Waals surface area contributed by atoms with Gasteiger partial charge in [-0.25, -0.2) is 0 Å². The van der Waals surface area contributed by atoms with Crippen LogP contribution in [0.1, 0.15) is 33.6 Å². The second-order valence-electron chi connectivity index (χ2n) is 7.10. The Morgan fingerprint density at radius 3 is 1.50 bits per heavy atom. The maximum atomic E-state index is 11.4. The number of aliphatic hydroxyl groups is 3. The Hall–Kier alpha value is -1.26. The summed E-state index contributed by atoms with van der Waals surface area (Å²) >= 11 is 0. The SMILES string of the molecule is CCOC(=O)CC(=O)OCC(C)(O)COCOCC(C)(O)COC(=O)CC(=O)O.COCO.[Y]. The van der Waals surface area contributed by atoms with E-state index in [2.05, 4.69) is 14.2 Å². The first-order valence-corrected chi connectivity index (χ1v) is 9.67. The summed E-state index contributed by atoms with van der Waals surface area (Å²) < 4.78 is 28.2. The number of aliphatic hydroxyl groups excluding tert-OH is 1. The number of hydrogen-bond donors (Lipinski definition) is 4. The van der Waals surface area contributed by atoms with Gasteiger partial charge in [-0.05, 0) is 20.8 Å². The van der Waals surface area contributed by atoms with E-state index in [1.807, 2.05) is 0 Å². The van der Waals surface area contributed by atoms with Gasteiger partial charge in [0.25, 0.3) is 0 Å². The summed E-state index contributed by atoms with van der Waals surface area (Å²) in [6, 6.07) is 0. The first-order chi connectivity index (χ1) is 15.3. The Morgan fingerprint density at radius 2 is 1.15 bits per heavy atom. The molecule has 0 spiro atoms. The molecule has 0 saturated heterocycles. The molecule has 2 atom stereocenters. The van der Waals surface area contributed by atoms with Gasteiger partial charge < -0.3 is 48.8 Å². The van der Waals surface area contributed by atoms with Crippen molar-refractivity contribution in [1.29, 1.82) is 0 Å². The van der Waals surface area contributed by atoms with Crippen LogP contribution in [0.2, 0.25) is 0 Å². The van der Waals surface area contributed by atoms with Crippen LogP contribution in [0, 0.1) is 0 Å². The quantitative estimate of drug-likeness (QED) is 0.0548. The molecule has 0 saturated carbocycles. The van der Waals surface area contributed by atoms with Crippen molar-refractivity contribution in [2.75, 3.05) is 53.7 Å². The number of hydrogen-bond acceptors (Lipinski definition) is 13. The third kappa shape index (κ3) is 25.4. The number of carboxylic acid groups (broad SMARTS) is 1. The molecule has 0 amide bonds. The van der Waals surface area contributed by atoms with Crippen LogP contribution in [-0.2, 0) is 80.3 Å². The smallest absolute Gasteiger partial charge is 0.317 e. The van der Waals surface area contributed by atoms with Crippen LogP contribution < -0.4 is 0 Å². The van der Waals surface area contributed by atoms with Crippen molar-refractivity contribution in [3.63, 3.8) is 0 Å². The Balaban J connectivity index is -0.00000177. The maximum absolute atomic E-state index is 11.4. The van der Waals surface area contributed by atoms with E-state index in [4.69, 9.17) is 24.4 Å². The van der Waals surface area contributed by atoms with Crippen LogP contribution in [0.5, 0.6) is 0 Å². The van der Waals surface area contributed by atoms with E-state index in [0.717, 1.165) is 0 Å². The molecule has 0 aliphatic rings. The molecular formula is C19H34O14Y. The van der Waals surface area contributed by atoms with Gasteiger partial charge in [-0.15, -0.1) is 0 Å². The fourth-order valence-electron chi connectivity index (χ4n) is 1.69.